The molecule has 134 valence electrons. The average Bonchev–Trinajstić information content (AvgIpc) is 2.57. The summed E-state index contributed by atoms with van der Waals surface area (Å²) in [6.07, 6.45) is 1.20. The van der Waals surface area contributed by atoms with Gasteiger partial charge in [0.15, 0.2) is 0 Å². The van der Waals surface area contributed by atoms with Crippen molar-refractivity contribution in [1.82, 2.24) is 14.5 Å². The van der Waals surface area contributed by atoms with E-state index >= 15 is 0 Å². The Morgan fingerprint density at radius 1 is 1.36 bits per heavy atom. The summed E-state index contributed by atoms with van der Waals surface area (Å²) < 4.78 is 20.4. The monoisotopic (exact) mass is 348 g/mol. The van der Waals surface area contributed by atoms with Crippen LogP contribution in [0.3, 0.4) is 0 Å². The first-order valence-electron chi connectivity index (χ1n) is 8.29. The highest BCUT2D eigenvalue weighted by Gasteiger charge is 2.21. The van der Waals surface area contributed by atoms with E-state index < -0.39 is 17.4 Å². The van der Waals surface area contributed by atoms with Crippen molar-refractivity contribution in [3.8, 4) is 0 Å². The van der Waals surface area contributed by atoms with Gasteiger partial charge in [-0.15, -0.1) is 0 Å². The number of halogens is 1. The van der Waals surface area contributed by atoms with Crippen LogP contribution in [0.4, 0.5) is 10.3 Å². The highest BCUT2D eigenvalue weighted by Crippen LogP contribution is 2.21. The number of rotatable bonds is 4. The molecule has 0 aliphatic carbocycles. The first-order valence-corrected chi connectivity index (χ1v) is 8.29. The topological polar surface area (TPSA) is 89.0 Å². The molecular formula is C17H21FN4O3. The zero-order valence-corrected chi connectivity index (χ0v) is 14.2. The number of ether oxygens (including phenoxy) is 1. The molecule has 1 aliphatic rings. The van der Waals surface area contributed by atoms with E-state index in [9.17, 15) is 14.0 Å². The second kappa shape index (κ2) is 7.18. The van der Waals surface area contributed by atoms with Gasteiger partial charge in [0.1, 0.15) is 5.82 Å². The summed E-state index contributed by atoms with van der Waals surface area (Å²) in [6.45, 7) is 4.63. The molecule has 1 fully saturated rings. The van der Waals surface area contributed by atoms with Crippen molar-refractivity contribution in [2.45, 2.75) is 38.8 Å². The van der Waals surface area contributed by atoms with Gasteiger partial charge in [-0.05, 0) is 32.8 Å². The van der Waals surface area contributed by atoms with Gasteiger partial charge in [0.05, 0.1) is 6.04 Å². The van der Waals surface area contributed by atoms with Crippen molar-refractivity contribution in [2.75, 3.05) is 18.5 Å². The van der Waals surface area contributed by atoms with Crippen LogP contribution < -0.4 is 16.7 Å². The second-order valence-corrected chi connectivity index (χ2v) is 6.28. The Balaban J connectivity index is 1.85. The van der Waals surface area contributed by atoms with Gasteiger partial charge in [0.25, 0.3) is 0 Å². The number of aryl methyl sites for hydroxylation is 1. The molecule has 0 bridgehead atoms. The lowest BCUT2D eigenvalue weighted by Gasteiger charge is -2.23. The summed E-state index contributed by atoms with van der Waals surface area (Å²) in [5, 5.41) is 2.89. The molecule has 1 atom stereocenters. The van der Waals surface area contributed by atoms with Crippen molar-refractivity contribution in [2.24, 2.45) is 0 Å². The average molecular weight is 348 g/mol. The fourth-order valence-corrected chi connectivity index (χ4v) is 3.04. The zero-order chi connectivity index (χ0) is 18.0. The van der Waals surface area contributed by atoms with Gasteiger partial charge in [0, 0.05) is 24.8 Å². The molecule has 8 heteroatoms. The lowest BCUT2D eigenvalue weighted by Crippen LogP contribution is -2.42. The van der Waals surface area contributed by atoms with Crippen LogP contribution >= 0.6 is 0 Å². The number of aromatic amines is 1. The molecule has 0 spiro atoms. The number of hydrogen-bond donors (Lipinski definition) is 2. The Kier molecular flexibility index (Phi) is 4.98. The van der Waals surface area contributed by atoms with Crippen LogP contribution in [-0.4, -0.2) is 27.7 Å². The predicted octanol–water partition coefficient (Wildman–Crippen LogP) is 1.90. The normalized spacial score (nSPS) is 16.6. The largest absolute Gasteiger partial charge is 0.381 e. The molecule has 1 saturated heterocycles. The van der Waals surface area contributed by atoms with Crippen molar-refractivity contribution < 1.29 is 9.13 Å². The van der Waals surface area contributed by atoms with E-state index in [0.717, 1.165) is 10.1 Å². The van der Waals surface area contributed by atoms with Gasteiger partial charge in [0.2, 0.25) is 5.95 Å². The third-order valence-corrected chi connectivity index (χ3v) is 4.38. The van der Waals surface area contributed by atoms with Crippen LogP contribution in [0.1, 0.15) is 43.0 Å². The molecule has 25 heavy (non-hydrogen) atoms. The van der Waals surface area contributed by atoms with Gasteiger partial charge in [-0.2, -0.15) is 4.98 Å². The summed E-state index contributed by atoms with van der Waals surface area (Å²) in [5.74, 6) is -0.324. The van der Waals surface area contributed by atoms with Crippen molar-refractivity contribution >= 4 is 5.95 Å². The van der Waals surface area contributed by atoms with Crippen LogP contribution in [0.15, 0.2) is 27.8 Å². The van der Waals surface area contributed by atoms with Gasteiger partial charge in [-0.1, -0.05) is 17.7 Å². The lowest BCUT2D eigenvalue weighted by atomic mass is 10.1. The van der Waals surface area contributed by atoms with Crippen LogP contribution in [0.2, 0.25) is 0 Å². The Morgan fingerprint density at radius 2 is 2.08 bits per heavy atom. The highest BCUT2D eigenvalue weighted by atomic mass is 19.1. The highest BCUT2D eigenvalue weighted by molar-refractivity contribution is 5.33. The van der Waals surface area contributed by atoms with E-state index in [2.05, 4.69) is 15.3 Å². The van der Waals surface area contributed by atoms with E-state index in [4.69, 9.17) is 4.74 Å². The Hall–Kier alpha value is -2.48. The molecule has 0 amide bonds. The lowest BCUT2D eigenvalue weighted by molar-refractivity contribution is 0.0670. The number of nitrogens with zero attached hydrogens (tertiary/aromatic N) is 2. The van der Waals surface area contributed by atoms with Crippen LogP contribution in [-0.2, 0) is 4.74 Å². The molecule has 2 aromatic rings. The summed E-state index contributed by atoms with van der Waals surface area (Å²) in [4.78, 5) is 31.1. The van der Waals surface area contributed by atoms with Gasteiger partial charge in [-0.25, -0.2) is 18.5 Å². The molecule has 2 heterocycles. The van der Waals surface area contributed by atoms with E-state index in [1.165, 1.54) is 6.07 Å². The van der Waals surface area contributed by atoms with E-state index in [0.29, 0.717) is 31.6 Å². The molecule has 1 unspecified atom stereocenters. The molecule has 3 rings (SSSR count). The Labute approximate surface area is 143 Å². The SMILES string of the molecule is Cc1ccc(F)c(C(C)Nc2nc(=O)n(C3CCOCC3)c(=O)[nH]2)c1. The maximum absolute atomic E-state index is 14.0. The molecule has 0 radical (unpaired) electrons. The second-order valence-electron chi connectivity index (χ2n) is 6.28. The van der Waals surface area contributed by atoms with E-state index in [-0.39, 0.29) is 17.8 Å². The van der Waals surface area contributed by atoms with Crippen LogP contribution in [0, 0.1) is 12.7 Å². The number of anilines is 1. The minimum atomic E-state index is -0.616. The number of aromatic nitrogens is 3. The van der Waals surface area contributed by atoms with E-state index in [1.54, 1.807) is 19.1 Å². The van der Waals surface area contributed by atoms with E-state index in [1.807, 2.05) is 6.92 Å². The summed E-state index contributed by atoms with van der Waals surface area (Å²) >= 11 is 0. The maximum Gasteiger partial charge on any atom is 0.355 e. The molecule has 1 aromatic carbocycles. The molecular weight excluding hydrogens is 327 g/mol. The van der Waals surface area contributed by atoms with Crippen molar-refractivity contribution in [1.29, 1.82) is 0 Å². The maximum atomic E-state index is 14.0. The number of nitrogens with one attached hydrogen (secondary N) is 2. The Morgan fingerprint density at radius 3 is 2.76 bits per heavy atom. The first-order chi connectivity index (χ1) is 12.0. The number of H-pyrrole nitrogens is 1. The minimum absolute atomic E-state index is 0.0340. The number of hydrogen-bond acceptors (Lipinski definition) is 5. The third-order valence-electron chi connectivity index (χ3n) is 4.38. The van der Waals surface area contributed by atoms with Crippen molar-refractivity contribution in [3.63, 3.8) is 0 Å². The summed E-state index contributed by atoms with van der Waals surface area (Å²) in [5.41, 5.74) is 0.221. The van der Waals surface area contributed by atoms with Crippen LogP contribution in [0.5, 0.6) is 0 Å². The molecule has 7 nitrogen and oxygen atoms in total. The standard InChI is InChI=1S/C17H21FN4O3/c1-10-3-4-14(18)13(9-10)11(2)19-15-20-16(23)22(17(24)21-15)12-5-7-25-8-6-12/h3-4,9,11-12H,5-8H2,1-2H3,(H2,19,20,21,23,24). The Bertz CT molecular complexity index is 840. The van der Waals surface area contributed by atoms with Crippen LogP contribution in [0.25, 0.3) is 0 Å². The first kappa shape index (κ1) is 17.3. The number of benzene rings is 1. The minimum Gasteiger partial charge on any atom is -0.381 e. The van der Waals surface area contributed by atoms with Gasteiger partial charge < -0.3 is 10.1 Å². The fourth-order valence-electron chi connectivity index (χ4n) is 3.04. The fraction of sp³-hybridized carbons (Fsp3) is 0.471. The summed E-state index contributed by atoms with van der Waals surface area (Å²) in [7, 11) is 0. The molecule has 0 saturated carbocycles. The smallest absolute Gasteiger partial charge is 0.355 e. The summed E-state index contributed by atoms with van der Waals surface area (Å²) in [6, 6.07) is 4.12. The third kappa shape index (κ3) is 3.79. The molecule has 2 N–H and O–H groups in total. The van der Waals surface area contributed by atoms with Crippen molar-refractivity contribution in [3.05, 3.63) is 56.1 Å². The molecule has 1 aromatic heterocycles. The van der Waals surface area contributed by atoms with Gasteiger partial charge in [-0.3, -0.25) is 4.98 Å². The zero-order valence-electron chi connectivity index (χ0n) is 14.2. The van der Waals surface area contributed by atoms with Gasteiger partial charge >= 0.3 is 11.4 Å². The molecule has 1 aliphatic heterocycles. The quantitative estimate of drug-likeness (QED) is 0.881. The predicted molar refractivity (Wildman–Crippen MR) is 91.4 cm³/mol.